The van der Waals surface area contributed by atoms with Crippen molar-refractivity contribution >= 4 is 17.5 Å². The second kappa shape index (κ2) is 5.41. The van der Waals surface area contributed by atoms with Crippen molar-refractivity contribution in [2.24, 2.45) is 0 Å². The molecule has 0 aliphatic heterocycles. The van der Waals surface area contributed by atoms with Crippen LogP contribution >= 0.6 is 11.6 Å². The predicted octanol–water partition coefficient (Wildman–Crippen LogP) is 3.35. The van der Waals surface area contributed by atoms with E-state index in [4.69, 9.17) is 11.6 Å². The number of hydrogen-bond donors (Lipinski definition) is 2. The van der Waals surface area contributed by atoms with E-state index in [0.717, 1.165) is 12.8 Å². The molecule has 17 heavy (non-hydrogen) atoms. The lowest BCUT2D eigenvalue weighted by Crippen LogP contribution is -2.45. The van der Waals surface area contributed by atoms with Gasteiger partial charge in [-0.2, -0.15) is 0 Å². The Balaban J connectivity index is 2.94. The van der Waals surface area contributed by atoms with Gasteiger partial charge in [0.1, 0.15) is 5.75 Å². The highest BCUT2D eigenvalue weighted by molar-refractivity contribution is 6.33. The first-order chi connectivity index (χ1) is 7.91. The summed E-state index contributed by atoms with van der Waals surface area (Å²) in [4.78, 5) is 12.0. The predicted molar refractivity (Wildman–Crippen MR) is 69.6 cm³/mol. The first kappa shape index (κ1) is 13.8. The van der Waals surface area contributed by atoms with E-state index in [0.29, 0.717) is 10.6 Å². The third kappa shape index (κ3) is 3.37. The summed E-state index contributed by atoms with van der Waals surface area (Å²) >= 11 is 5.93. The van der Waals surface area contributed by atoms with Crippen molar-refractivity contribution in [2.45, 2.75) is 39.2 Å². The first-order valence-electron chi connectivity index (χ1n) is 5.73. The van der Waals surface area contributed by atoms with Crippen LogP contribution in [0.3, 0.4) is 0 Å². The molecule has 0 heterocycles. The molecule has 0 spiro atoms. The van der Waals surface area contributed by atoms with E-state index in [9.17, 15) is 9.90 Å². The van der Waals surface area contributed by atoms with Crippen LogP contribution in [0.15, 0.2) is 18.2 Å². The van der Waals surface area contributed by atoms with Crippen LogP contribution in [0.4, 0.5) is 0 Å². The van der Waals surface area contributed by atoms with E-state index in [1.165, 1.54) is 18.2 Å². The van der Waals surface area contributed by atoms with Crippen molar-refractivity contribution < 1.29 is 9.90 Å². The van der Waals surface area contributed by atoms with Gasteiger partial charge < -0.3 is 10.4 Å². The average Bonchev–Trinajstić information content (AvgIpc) is 2.32. The summed E-state index contributed by atoms with van der Waals surface area (Å²) in [5, 5.41) is 12.6. The molecule has 0 saturated heterocycles. The monoisotopic (exact) mass is 255 g/mol. The highest BCUT2D eigenvalue weighted by atomic mass is 35.5. The van der Waals surface area contributed by atoms with Gasteiger partial charge in [-0.15, -0.1) is 0 Å². The number of nitrogens with one attached hydrogen (secondary N) is 1. The van der Waals surface area contributed by atoms with Gasteiger partial charge in [-0.1, -0.05) is 25.4 Å². The van der Waals surface area contributed by atoms with Crippen molar-refractivity contribution in [2.75, 3.05) is 0 Å². The van der Waals surface area contributed by atoms with E-state index >= 15 is 0 Å². The fourth-order valence-electron chi connectivity index (χ4n) is 1.46. The zero-order valence-corrected chi connectivity index (χ0v) is 11.1. The third-order valence-corrected chi connectivity index (χ3v) is 3.50. The molecule has 3 nitrogen and oxygen atoms in total. The van der Waals surface area contributed by atoms with Crippen molar-refractivity contribution in [3.63, 3.8) is 0 Å². The number of carbonyl (C=O) groups is 1. The minimum absolute atomic E-state index is 0.0363. The summed E-state index contributed by atoms with van der Waals surface area (Å²) in [7, 11) is 0. The Labute approximate surface area is 107 Å². The molecule has 1 rings (SSSR count). The van der Waals surface area contributed by atoms with Gasteiger partial charge in [-0.25, -0.2) is 0 Å². The van der Waals surface area contributed by atoms with Gasteiger partial charge in [-0.05, 0) is 38.0 Å². The van der Waals surface area contributed by atoms with Crippen LogP contribution in [0.1, 0.15) is 44.0 Å². The Hall–Kier alpha value is -1.22. The largest absolute Gasteiger partial charge is 0.508 e. The van der Waals surface area contributed by atoms with Gasteiger partial charge in [-0.3, -0.25) is 4.79 Å². The number of amides is 1. The lowest BCUT2D eigenvalue weighted by molar-refractivity contribution is 0.0901. The van der Waals surface area contributed by atoms with Crippen LogP contribution in [0, 0.1) is 0 Å². The minimum atomic E-state index is -0.253. The fraction of sp³-hybridized carbons (Fsp3) is 0.462. The quantitative estimate of drug-likeness (QED) is 0.867. The Morgan fingerprint density at radius 1 is 1.41 bits per heavy atom. The molecule has 0 fully saturated rings. The fourth-order valence-corrected chi connectivity index (χ4v) is 1.66. The molecule has 0 atom stereocenters. The van der Waals surface area contributed by atoms with Gasteiger partial charge >= 0.3 is 0 Å². The van der Waals surface area contributed by atoms with Gasteiger partial charge in [0, 0.05) is 5.54 Å². The number of phenolic OH excluding ortho intramolecular Hbond substituents is 1. The maximum Gasteiger partial charge on any atom is 0.253 e. The van der Waals surface area contributed by atoms with Crippen LogP contribution in [0.2, 0.25) is 5.02 Å². The summed E-state index contributed by atoms with van der Waals surface area (Å²) in [6, 6.07) is 4.35. The van der Waals surface area contributed by atoms with Crippen molar-refractivity contribution in [3.8, 4) is 5.75 Å². The third-order valence-electron chi connectivity index (χ3n) is 3.17. The molecule has 0 aromatic heterocycles. The van der Waals surface area contributed by atoms with Gasteiger partial charge in [0.25, 0.3) is 5.91 Å². The molecule has 2 N–H and O–H groups in total. The van der Waals surface area contributed by atoms with E-state index in [1.54, 1.807) is 0 Å². The highest BCUT2D eigenvalue weighted by Gasteiger charge is 2.23. The Morgan fingerprint density at radius 3 is 2.53 bits per heavy atom. The number of carbonyl (C=O) groups excluding carboxylic acids is 1. The van der Waals surface area contributed by atoms with Crippen LogP contribution < -0.4 is 5.32 Å². The Bertz CT molecular complexity index is 414. The van der Waals surface area contributed by atoms with Crippen molar-refractivity contribution in [3.05, 3.63) is 28.8 Å². The lowest BCUT2D eigenvalue weighted by Gasteiger charge is -2.28. The van der Waals surface area contributed by atoms with Crippen LogP contribution in [0.5, 0.6) is 5.75 Å². The molecular weight excluding hydrogens is 238 g/mol. The van der Waals surface area contributed by atoms with Crippen LogP contribution in [-0.2, 0) is 0 Å². The van der Waals surface area contributed by atoms with Crippen LogP contribution in [-0.4, -0.2) is 16.6 Å². The summed E-state index contributed by atoms with van der Waals surface area (Å²) < 4.78 is 0. The Kier molecular flexibility index (Phi) is 4.40. The second-order valence-corrected chi connectivity index (χ2v) is 4.79. The smallest absolute Gasteiger partial charge is 0.253 e. The van der Waals surface area contributed by atoms with Gasteiger partial charge in [0.05, 0.1) is 10.6 Å². The minimum Gasteiger partial charge on any atom is -0.508 e. The number of rotatable bonds is 4. The highest BCUT2D eigenvalue weighted by Crippen LogP contribution is 2.22. The number of benzene rings is 1. The van der Waals surface area contributed by atoms with E-state index in [-0.39, 0.29) is 17.2 Å². The number of hydrogen-bond acceptors (Lipinski definition) is 2. The number of phenols is 1. The normalized spacial score (nSPS) is 11.3. The average molecular weight is 256 g/mol. The summed E-state index contributed by atoms with van der Waals surface area (Å²) in [6.07, 6.45) is 1.68. The van der Waals surface area contributed by atoms with E-state index in [1.807, 2.05) is 20.8 Å². The molecule has 0 saturated carbocycles. The second-order valence-electron chi connectivity index (χ2n) is 4.39. The zero-order chi connectivity index (χ0) is 13.1. The molecule has 0 radical (unpaired) electrons. The molecular formula is C13H18ClNO2. The molecule has 1 amide bonds. The first-order valence-corrected chi connectivity index (χ1v) is 6.10. The molecule has 0 aliphatic carbocycles. The molecule has 94 valence electrons. The number of aromatic hydroxyl groups is 1. The van der Waals surface area contributed by atoms with Gasteiger partial charge in [0.15, 0.2) is 0 Å². The summed E-state index contributed by atoms with van der Waals surface area (Å²) in [5.41, 5.74) is 0.0612. The van der Waals surface area contributed by atoms with Crippen LogP contribution in [0.25, 0.3) is 0 Å². The topological polar surface area (TPSA) is 49.3 Å². The zero-order valence-electron chi connectivity index (χ0n) is 10.4. The SMILES string of the molecule is CCC(C)(CC)NC(=O)c1cc(O)ccc1Cl. The van der Waals surface area contributed by atoms with E-state index in [2.05, 4.69) is 5.32 Å². The van der Waals surface area contributed by atoms with Crippen molar-refractivity contribution in [1.82, 2.24) is 5.32 Å². The molecule has 0 unspecified atom stereocenters. The summed E-state index contributed by atoms with van der Waals surface area (Å²) in [5.74, 6) is -0.216. The summed E-state index contributed by atoms with van der Waals surface area (Å²) in [6.45, 7) is 6.03. The molecule has 0 aliphatic rings. The van der Waals surface area contributed by atoms with E-state index < -0.39 is 0 Å². The molecule has 4 heteroatoms. The molecule has 0 bridgehead atoms. The molecule has 1 aromatic carbocycles. The lowest BCUT2D eigenvalue weighted by atomic mass is 9.95. The van der Waals surface area contributed by atoms with Gasteiger partial charge in [0.2, 0.25) is 0 Å². The molecule has 1 aromatic rings. The Morgan fingerprint density at radius 2 is 2.00 bits per heavy atom. The maximum absolute atomic E-state index is 12.0. The number of halogens is 1. The standard InChI is InChI=1S/C13H18ClNO2/c1-4-13(3,5-2)15-12(17)10-8-9(16)6-7-11(10)14/h6-8,16H,4-5H2,1-3H3,(H,15,17). The maximum atomic E-state index is 12.0. The van der Waals surface area contributed by atoms with Crippen molar-refractivity contribution in [1.29, 1.82) is 0 Å².